The van der Waals surface area contributed by atoms with E-state index in [9.17, 15) is 13.2 Å². The summed E-state index contributed by atoms with van der Waals surface area (Å²) in [4.78, 5) is 13.0. The third-order valence-corrected chi connectivity index (χ3v) is 8.41. The van der Waals surface area contributed by atoms with Crippen molar-refractivity contribution in [3.63, 3.8) is 0 Å². The predicted octanol–water partition coefficient (Wildman–Crippen LogP) is 5.71. The zero-order valence-corrected chi connectivity index (χ0v) is 23.2. The molecule has 7 nitrogen and oxygen atoms in total. The second-order valence-electron chi connectivity index (χ2n) is 9.05. The molecule has 0 atom stereocenters. The van der Waals surface area contributed by atoms with Crippen molar-refractivity contribution in [3.8, 4) is 5.69 Å². The molecule has 4 aromatic rings. The Balaban J connectivity index is 1.57. The van der Waals surface area contributed by atoms with Gasteiger partial charge in [0.05, 0.1) is 16.8 Å². The first-order valence-electron chi connectivity index (χ1n) is 12.0. The Morgan fingerprint density at radius 1 is 0.974 bits per heavy atom. The van der Waals surface area contributed by atoms with Gasteiger partial charge in [-0.2, -0.15) is 5.10 Å². The van der Waals surface area contributed by atoms with Crippen LogP contribution in [-0.2, 0) is 14.8 Å². The molecule has 1 aromatic heterocycles. The van der Waals surface area contributed by atoms with Gasteiger partial charge in [-0.05, 0) is 75.7 Å². The zero-order chi connectivity index (χ0) is 27.4. The smallest absolute Gasteiger partial charge is 0.264 e. The topological polar surface area (TPSA) is 83.8 Å². The van der Waals surface area contributed by atoms with Crippen LogP contribution in [0.15, 0.2) is 88.9 Å². The minimum atomic E-state index is -4.05. The molecule has 38 heavy (non-hydrogen) atoms. The third-order valence-electron chi connectivity index (χ3n) is 6.22. The lowest BCUT2D eigenvalue weighted by atomic mass is 10.2. The summed E-state index contributed by atoms with van der Waals surface area (Å²) in [7, 11) is -4.05. The molecular formula is C29H29ClN4O3S. The molecule has 9 heteroatoms. The van der Waals surface area contributed by atoms with E-state index >= 15 is 0 Å². The first kappa shape index (κ1) is 27.2. The normalized spacial score (nSPS) is 11.6. The Bertz CT molecular complexity index is 1600. The highest BCUT2D eigenvalue weighted by Gasteiger charge is 2.27. The summed E-state index contributed by atoms with van der Waals surface area (Å²) in [6.45, 7) is 7.18. The van der Waals surface area contributed by atoms with Crippen molar-refractivity contribution < 1.29 is 13.2 Å². The number of hydrogen-bond acceptors (Lipinski definition) is 4. The minimum Gasteiger partial charge on any atom is -0.318 e. The van der Waals surface area contributed by atoms with Crippen molar-refractivity contribution in [2.75, 3.05) is 10.8 Å². The van der Waals surface area contributed by atoms with Crippen LogP contribution in [0.4, 0.5) is 5.69 Å². The van der Waals surface area contributed by atoms with Crippen molar-refractivity contribution in [1.29, 1.82) is 0 Å². The van der Waals surface area contributed by atoms with E-state index < -0.39 is 22.5 Å². The SMILES string of the molecule is Cc1ccc(S(=O)(=O)N(CC(=O)N/N=C\c2cc(C)n(-c3ccccc3)c2C)c2ccc(C)c(Cl)c2)cc1. The number of anilines is 1. The van der Waals surface area contributed by atoms with Gasteiger partial charge >= 0.3 is 0 Å². The Labute approximate surface area is 228 Å². The molecule has 1 amide bonds. The second kappa shape index (κ2) is 11.2. The average molecular weight is 549 g/mol. The summed E-state index contributed by atoms with van der Waals surface area (Å²) in [5.74, 6) is -0.592. The highest BCUT2D eigenvalue weighted by Crippen LogP contribution is 2.28. The maximum atomic E-state index is 13.6. The summed E-state index contributed by atoms with van der Waals surface area (Å²) in [5, 5.41) is 4.51. The number of carbonyl (C=O) groups is 1. The fourth-order valence-corrected chi connectivity index (χ4v) is 5.71. The fraction of sp³-hybridized carbons (Fsp3) is 0.172. The molecule has 3 aromatic carbocycles. The number of benzene rings is 3. The lowest BCUT2D eigenvalue weighted by Gasteiger charge is -2.24. The van der Waals surface area contributed by atoms with Gasteiger partial charge in [-0.3, -0.25) is 9.10 Å². The number of halogens is 1. The van der Waals surface area contributed by atoms with Crippen LogP contribution in [0.1, 0.15) is 28.1 Å². The van der Waals surface area contributed by atoms with Crippen LogP contribution in [0.3, 0.4) is 0 Å². The quantitative estimate of drug-likeness (QED) is 0.226. The van der Waals surface area contributed by atoms with E-state index in [0.29, 0.717) is 5.02 Å². The van der Waals surface area contributed by atoms with Crippen molar-refractivity contribution >= 4 is 39.4 Å². The van der Waals surface area contributed by atoms with Crippen LogP contribution < -0.4 is 9.73 Å². The number of aromatic nitrogens is 1. The van der Waals surface area contributed by atoms with Gasteiger partial charge in [0.25, 0.3) is 15.9 Å². The van der Waals surface area contributed by atoms with E-state index in [4.69, 9.17) is 11.6 Å². The van der Waals surface area contributed by atoms with Crippen molar-refractivity contribution in [1.82, 2.24) is 9.99 Å². The number of para-hydroxylation sites is 1. The number of amides is 1. The van der Waals surface area contributed by atoms with Gasteiger partial charge in [-0.25, -0.2) is 13.8 Å². The van der Waals surface area contributed by atoms with Crippen LogP contribution in [-0.4, -0.2) is 31.7 Å². The third kappa shape index (κ3) is 5.82. The largest absolute Gasteiger partial charge is 0.318 e. The number of rotatable bonds is 8. The zero-order valence-electron chi connectivity index (χ0n) is 21.6. The summed E-state index contributed by atoms with van der Waals surface area (Å²) >= 11 is 6.29. The van der Waals surface area contributed by atoms with Gasteiger partial charge in [0.1, 0.15) is 6.54 Å². The van der Waals surface area contributed by atoms with E-state index in [1.807, 2.05) is 64.1 Å². The van der Waals surface area contributed by atoms with Gasteiger partial charge in [0.2, 0.25) is 0 Å². The van der Waals surface area contributed by atoms with Gasteiger partial charge in [-0.1, -0.05) is 53.6 Å². The number of hydrogen-bond donors (Lipinski definition) is 1. The van der Waals surface area contributed by atoms with Crippen LogP contribution >= 0.6 is 11.6 Å². The number of nitrogens with one attached hydrogen (secondary N) is 1. The second-order valence-corrected chi connectivity index (χ2v) is 11.3. The Morgan fingerprint density at radius 2 is 1.66 bits per heavy atom. The van der Waals surface area contributed by atoms with Crippen molar-refractivity contribution in [2.45, 2.75) is 32.6 Å². The molecule has 0 bridgehead atoms. The standard InChI is InChI=1S/C29H29ClN4O3S/c1-20-10-14-27(15-11-20)38(36,37)33(26-13-12-21(2)28(30)17-26)19-29(35)32-31-18-24-16-22(3)34(23(24)4)25-8-6-5-7-9-25/h5-18H,19H2,1-4H3,(H,32,35)/b31-18-. The Hall–Kier alpha value is -3.88. The number of carbonyl (C=O) groups excluding carboxylic acids is 1. The molecule has 0 saturated carbocycles. The molecule has 1 heterocycles. The molecule has 0 aliphatic heterocycles. The highest BCUT2D eigenvalue weighted by molar-refractivity contribution is 7.92. The van der Waals surface area contributed by atoms with Gasteiger partial charge in [0.15, 0.2) is 0 Å². The van der Waals surface area contributed by atoms with Gasteiger partial charge in [0, 0.05) is 27.7 Å². The molecule has 1 N–H and O–H groups in total. The van der Waals surface area contributed by atoms with Crippen molar-refractivity contribution in [3.05, 3.63) is 112 Å². The molecule has 0 saturated heterocycles. The van der Waals surface area contributed by atoms with E-state index in [1.54, 1.807) is 30.5 Å². The first-order valence-corrected chi connectivity index (χ1v) is 13.8. The lowest BCUT2D eigenvalue weighted by Crippen LogP contribution is -2.39. The maximum Gasteiger partial charge on any atom is 0.264 e. The first-order chi connectivity index (χ1) is 18.1. The molecule has 0 unspecified atom stereocenters. The number of nitrogens with zero attached hydrogens (tertiary/aromatic N) is 3. The van der Waals surface area contributed by atoms with Crippen LogP contribution in [0.25, 0.3) is 5.69 Å². The van der Waals surface area contributed by atoms with Crippen LogP contribution in [0.2, 0.25) is 5.02 Å². The Morgan fingerprint density at radius 3 is 2.32 bits per heavy atom. The van der Waals surface area contributed by atoms with E-state index in [2.05, 4.69) is 15.1 Å². The highest BCUT2D eigenvalue weighted by atomic mass is 35.5. The average Bonchev–Trinajstić information content (AvgIpc) is 3.17. The molecule has 0 aliphatic rings. The number of hydrazone groups is 1. The fourth-order valence-electron chi connectivity index (χ4n) is 4.12. The van der Waals surface area contributed by atoms with E-state index in [1.165, 1.54) is 18.2 Å². The molecule has 0 spiro atoms. The summed E-state index contributed by atoms with van der Waals surface area (Å²) < 4.78 is 30.2. The summed E-state index contributed by atoms with van der Waals surface area (Å²) in [5.41, 5.74) is 8.32. The minimum absolute atomic E-state index is 0.0736. The molecule has 4 rings (SSSR count). The van der Waals surface area contributed by atoms with Gasteiger partial charge < -0.3 is 4.57 Å². The monoisotopic (exact) mass is 548 g/mol. The molecular weight excluding hydrogens is 520 g/mol. The molecule has 0 radical (unpaired) electrons. The summed E-state index contributed by atoms with van der Waals surface area (Å²) in [6, 6.07) is 23.3. The van der Waals surface area contributed by atoms with E-state index in [0.717, 1.165) is 38.1 Å². The van der Waals surface area contributed by atoms with Gasteiger partial charge in [-0.15, -0.1) is 0 Å². The number of aryl methyl sites for hydroxylation is 3. The van der Waals surface area contributed by atoms with Crippen LogP contribution in [0.5, 0.6) is 0 Å². The van der Waals surface area contributed by atoms with Crippen LogP contribution in [0, 0.1) is 27.7 Å². The Kier molecular flexibility index (Phi) is 8.04. The van der Waals surface area contributed by atoms with Crippen molar-refractivity contribution in [2.24, 2.45) is 5.10 Å². The maximum absolute atomic E-state index is 13.6. The molecule has 0 fully saturated rings. The van der Waals surface area contributed by atoms with E-state index in [-0.39, 0.29) is 10.6 Å². The summed E-state index contributed by atoms with van der Waals surface area (Å²) in [6.07, 6.45) is 1.56. The molecule has 0 aliphatic carbocycles. The predicted molar refractivity (Wildman–Crippen MR) is 153 cm³/mol. The number of sulfonamides is 1. The molecule has 196 valence electrons. The lowest BCUT2D eigenvalue weighted by molar-refractivity contribution is -0.119.